The zero-order valence-electron chi connectivity index (χ0n) is 7.49. The second-order valence-electron chi connectivity index (χ2n) is 2.93. The summed E-state index contributed by atoms with van der Waals surface area (Å²) in [6, 6.07) is 10.7. The van der Waals surface area contributed by atoms with E-state index in [1.54, 1.807) is 0 Å². The summed E-state index contributed by atoms with van der Waals surface area (Å²) in [6.45, 7) is 2.13. The van der Waals surface area contributed by atoms with E-state index in [4.69, 9.17) is 0 Å². The first-order chi connectivity index (χ1) is 5.75. The van der Waals surface area contributed by atoms with Crippen LogP contribution < -0.4 is 5.32 Å². The smallest absolute Gasteiger partial charge is 0.0417 e. The summed E-state index contributed by atoms with van der Waals surface area (Å²) in [5, 5.41) is 3.46. The maximum absolute atomic E-state index is 4.53. The molecule has 0 radical (unpaired) electrons. The molecule has 0 aliphatic rings. The molecule has 0 aliphatic carbocycles. The SMILES string of the molecule is CNC(C)C(S)c1ccccc1. The summed E-state index contributed by atoms with van der Waals surface area (Å²) in [6.07, 6.45) is 0. The number of rotatable bonds is 3. The lowest BCUT2D eigenvalue weighted by atomic mass is 10.1. The first-order valence-electron chi connectivity index (χ1n) is 4.16. The van der Waals surface area contributed by atoms with Crippen molar-refractivity contribution < 1.29 is 0 Å². The molecule has 2 unspecified atom stereocenters. The lowest BCUT2D eigenvalue weighted by Gasteiger charge is -2.18. The second kappa shape index (κ2) is 4.53. The van der Waals surface area contributed by atoms with Crippen LogP contribution in [-0.2, 0) is 0 Å². The third-order valence-corrected chi connectivity index (χ3v) is 2.82. The molecule has 0 aliphatic heterocycles. The van der Waals surface area contributed by atoms with Crippen LogP contribution in [0, 0.1) is 0 Å². The summed E-state index contributed by atoms with van der Waals surface area (Å²) in [4.78, 5) is 0. The Hall–Kier alpha value is -0.470. The summed E-state index contributed by atoms with van der Waals surface area (Å²) in [5.41, 5.74) is 1.27. The number of thiol groups is 1. The Bertz CT molecular complexity index is 223. The van der Waals surface area contributed by atoms with Gasteiger partial charge in [0.05, 0.1) is 0 Å². The van der Waals surface area contributed by atoms with E-state index in [0.29, 0.717) is 6.04 Å². The van der Waals surface area contributed by atoms with Gasteiger partial charge in [0.1, 0.15) is 0 Å². The molecule has 0 aromatic heterocycles. The van der Waals surface area contributed by atoms with Crippen molar-refractivity contribution in [1.82, 2.24) is 5.32 Å². The maximum atomic E-state index is 4.53. The second-order valence-corrected chi connectivity index (χ2v) is 3.49. The van der Waals surface area contributed by atoms with Crippen LogP contribution in [0.4, 0.5) is 0 Å². The Morgan fingerprint density at radius 3 is 2.33 bits per heavy atom. The van der Waals surface area contributed by atoms with Crippen molar-refractivity contribution >= 4 is 12.6 Å². The Morgan fingerprint density at radius 2 is 1.83 bits per heavy atom. The topological polar surface area (TPSA) is 12.0 Å². The van der Waals surface area contributed by atoms with Gasteiger partial charge in [0.25, 0.3) is 0 Å². The van der Waals surface area contributed by atoms with E-state index in [-0.39, 0.29) is 5.25 Å². The third kappa shape index (κ3) is 2.26. The minimum atomic E-state index is 0.274. The maximum Gasteiger partial charge on any atom is 0.0417 e. The molecule has 2 atom stereocenters. The molecule has 1 aromatic carbocycles. The van der Waals surface area contributed by atoms with E-state index in [1.807, 2.05) is 25.2 Å². The lowest BCUT2D eigenvalue weighted by Crippen LogP contribution is -2.25. The van der Waals surface area contributed by atoms with Gasteiger partial charge in [0.15, 0.2) is 0 Å². The normalized spacial score (nSPS) is 15.6. The molecule has 1 aromatic rings. The lowest BCUT2D eigenvalue weighted by molar-refractivity contribution is 0.600. The van der Waals surface area contributed by atoms with Gasteiger partial charge < -0.3 is 5.32 Å². The Morgan fingerprint density at radius 1 is 1.25 bits per heavy atom. The predicted octanol–water partition coefficient (Wildman–Crippen LogP) is 2.27. The monoisotopic (exact) mass is 181 g/mol. The minimum absolute atomic E-state index is 0.274. The molecule has 0 bridgehead atoms. The summed E-state index contributed by atoms with van der Waals surface area (Å²) >= 11 is 4.53. The molecule has 1 N–H and O–H groups in total. The largest absolute Gasteiger partial charge is 0.316 e. The molecular formula is C10H15NS. The highest BCUT2D eigenvalue weighted by atomic mass is 32.1. The van der Waals surface area contributed by atoms with Crippen LogP contribution in [-0.4, -0.2) is 13.1 Å². The molecule has 0 heterocycles. The molecule has 12 heavy (non-hydrogen) atoms. The van der Waals surface area contributed by atoms with Crippen molar-refractivity contribution in [3.8, 4) is 0 Å². The van der Waals surface area contributed by atoms with Crippen LogP contribution in [0.3, 0.4) is 0 Å². The molecule has 66 valence electrons. The van der Waals surface area contributed by atoms with E-state index in [2.05, 4.69) is 37.0 Å². The van der Waals surface area contributed by atoms with Crippen LogP contribution in [0.1, 0.15) is 17.7 Å². The van der Waals surface area contributed by atoms with Gasteiger partial charge in [-0.05, 0) is 19.5 Å². The van der Waals surface area contributed by atoms with Gasteiger partial charge in [0, 0.05) is 11.3 Å². The van der Waals surface area contributed by atoms with Crippen LogP contribution in [0.15, 0.2) is 30.3 Å². The van der Waals surface area contributed by atoms with Crippen molar-refractivity contribution in [2.45, 2.75) is 18.2 Å². The van der Waals surface area contributed by atoms with Crippen molar-refractivity contribution in [3.63, 3.8) is 0 Å². The standard InChI is InChI=1S/C10H15NS/c1-8(11-2)10(12)9-6-4-3-5-7-9/h3-8,10-12H,1-2H3. The number of benzene rings is 1. The van der Waals surface area contributed by atoms with Crippen LogP contribution >= 0.6 is 12.6 Å². The first-order valence-corrected chi connectivity index (χ1v) is 4.67. The summed E-state index contributed by atoms with van der Waals surface area (Å²) in [7, 11) is 1.96. The van der Waals surface area contributed by atoms with Crippen molar-refractivity contribution in [2.75, 3.05) is 7.05 Å². The molecule has 1 nitrogen and oxygen atoms in total. The zero-order valence-corrected chi connectivity index (χ0v) is 8.38. The minimum Gasteiger partial charge on any atom is -0.316 e. The average Bonchev–Trinajstić information content (AvgIpc) is 2.17. The fourth-order valence-corrected chi connectivity index (χ4v) is 1.42. The highest BCUT2D eigenvalue weighted by Crippen LogP contribution is 2.22. The van der Waals surface area contributed by atoms with Crippen molar-refractivity contribution in [1.29, 1.82) is 0 Å². The van der Waals surface area contributed by atoms with Crippen LogP contribution in [0.2, 0.25) is 0 Å². The van der Waals surface area contributed by atoms with Gasteiger partial charge >= 0.3 is 0 Å². The van der Waals surface area contributed by atoms with E-state index in [1.165, 1.54) is 5.56 Å². The predicted molar refractivity (Wildman–Crippen MR) is 56.7 cm³/mol. The number of likely N-dealkylation sites (N-methyl/N-ethyl adjacent to an activating group) is 1. The van der Waals surface area contributed by atoms with Crippen LogP contribution in [0.5, 0.6) is 0 Å². The Kier molecular flexibility index (Phi) is 3.63. The van der Waals surface area contributed by atoms with E-state index < -0.39 is 0 Å². The van der Waals surface area contributed by atoms with Gasteiger partial charge in [0.2, 0.25) is 0 Å². The Balaban J connectivity index is 2.71. The van der Waals surface area contributed by atoms with Gasteiger partial charge in [-0.15, -0.1) is 0 Å². The van der Waals surface area contributed by atoms with E-state index in [0.717, 1.165) is 0 Å². The molecular weight excluding hydrogens is 166 g/mol. The summed E-state index contributed by atoms with van der Waals surface area (Å²) in [5.74, 6) is 0. The van der Waals surface area contributed by atoms with Gasteiger partial charge in [-0.25, -0.2) is 0 Å². The van der Waals surface area contributed by atoms with Crippen molar-refractivity contribution in [3.05, 3.63) is 35.9 Å². The number of nitrogens with one attached hydrogen (secondary N) is 1. The van der Waals surface area contributed by atoms with E-state index in [9.17, 15) is 0 Å². The quantitative estimate of drug-likeness (QED) is 0.682. The van der Waals surface area contributed by atoms with Gasteiger partial charge in [-0.3, -0.25) is 0 Å². The van der Waals surface area contributed by atoms with Gasteiger partial charge in [-0.1, -0.05) is 30.3 Å². The third-order valence-electron chi connectivity index (χ3n) is 2.07. The molecule has 0 amide bonds. The summed E-state index contributed by atoms with van der Waals surface area (Å²) < 4.78 is 0. The average molecular weight is 181 g/mol. The van der Waals surface area contributed by atoms with Gasteiger partial charge in [-0.2, -0.15) is 12.6 Å². The number of hydrogen-bond donors (Lipinski definition) is 2. The molecule has 2 heteroatoms. The fraction of sp³-hybridized carbons (Fsp3) is 0.400. The molecule has 0 fully saturated rings. The molecule has 0 saturated carbocycles. The fourth-order valence-electron chi connectivity index (χ4n) is 1.10. The highest BCUT2D eigenvalue weighted by molar-refractivity contribution is 7.80. The molecule has 0 spiro atoms. The molecule has 0 saturated heterocycles. The zero-order chi connectivity index (χ0) is 8.97. The highest BCUT2D eigenvalue weighted by Gasteiger charge is 2.11. The van der Waals surface area contributed by atoms with Crippen molar-refractivity contribution in [2.24, 2.45) is 0 Å². The van der Waals surface area contributed by atoms with Crippen LogP contribution in [0.25, 0.3) is 0 Å². The Labute approximate surface area is 79.6 Å². The molecule has 1 rings (SSSR count). The number of hydrogen-bond acceptors (Lipinski definition) is 2. The first kappa shape index (κ1) is 9.62. The van der Waals surface area contributed by atoms with E-state index >= 15 is 0 Å².